The molecule has 1 amide bonds. The van der Waals surface area contributed by atoms with Gasteiger partial charge in [-0.1, -0.05) is 23.5 Å². The number of imidazole rings is 1. The molecule has 0 atom stereocenters. The number of nitrogens with one attached hydrogen (secondary N) is 1. The molecule has 0 bridgehead atoms. The lowest BCUT2D eigenvalue weighted by atomic mass is 10.3. The SMILES string of the molecule is CSc1ncc(C(=O)NC2=NCCS2)n1-c1ccc(F)cc1. The van der Waals surface area contributed by atoms with Gasteiger partial charge in [0.25, 0.3) is 5.91 Å². The maximum Gasteiger partial charge on any atom is 0.275 e. The van der Waals surface area contributed by atoms with Crippen molar-refractivity contribution in [3.8, 4) is 5.69 Å². The Bertz CT molecular complexity index is 727. The molecule has 0 aliphatic carbocycles. The third-order valence-electron chi connectivity index (χ3n) is 3.04. The lowest BCUT2D eigenvalue weighted by Gasteiger charge is -2.11. The van der Waals surface area contributed by atoms with E-state index < -0.39 is 0 Å². The van der Waals surface area contributed by atoms with Gasteiger partial charge in [-0.05, 0) is 30.5 Å². The van der Waals surface area contributed by atoms with E-state index in [1.54, 1.807) is 16.7 Å². The van der Waals surface area contributed by atoms with Crippen LogP contribution in [0.1, 0.15) is 10.5 Å². The van der Waals surface area contributed by atoms with E-state index in [9.17, 15) is 9.18 Å². The molecule has 114 valence electrons. The van der Waals surface area contributed by atoms with Gasteiger partial charge in [-0.15, -0.1) is 0 Å². The average molecular weight is 336 g/mol. The number of halogens is 1. The maximum atomic E-state index is 13.1. The van der Waals surface area contributed by atoms with Crippen molar-refractivity contribution in [3.63, 3.8) is 0 Å². The molecule has 1 N–H and O–H groups in total. The van der Waals surface area contributed by atoms with Crippen LogP contribution in [0, 0.1) is 5.82 Å². The molecule has 1 aliphatic rings. The molecule has 0 unspecified atom stereocenters. The Morgan fingerprint density at radius 3 is 2.82 bits per heavy atom. The van der Waals surface area contributed by atoms with Gasteiger partial charge >= 0.3 is 0 Å². The topological polar surface area (TPSA) is 59.3 Å². The van der Waals surface area contributed by atoms with Crippen LogP contribution in [0.3, 0.4) is 0 Å². The molecule has 2 aromatic rings. The monoisotopic (exact) mass is 336 g/mol. The van der Waals surface area contributed by atoms with Crippen LogP contribution in [0.15, 0.2) is 40.6 Å². The zero-order valence-corrected chi connectivity index (χ0v) is 13.4. The molecule has 0 fully saturated rings. The number of nitrogens with zero attached hydrogens (tertiary/aromatic N) is 3. The van der Waals surface area contributed by atoms with Gasteiger partial charge in [0.15, 0.2) is 10.3 Å². The second kappa shape index (κ2) is 6.53. The first-order valence-electron chi connectivity index (χ1n) is 6.55. The van der Waals surface area contributed by atoms with E-state index in [1.165, 1.54) is 41.9 Å². The van der Waals surface area contributed by atoms with Crippen LogP contribution >= 0.6 is 23.5 Å². The van der Waals surface area contributed by atoms with Crippen molar-refractivity contribution in [2.75, 3.05) is 18.6 Å². The Balaban J connectivity index is 1.96. The molecule has 0 radical (unpaired) electrons. The molecular formula is C14H13FN4OS2. The zero-order valence-electron chi connectivity index (χ0n) is 11.7. The molecule has 0 saturated heterocycles. The predicted molar refractivity (Wildman–Crippen MR) is 87.5 cm³/mol. The molecule has 22 heavy (non-hydrogen) atoms. The van der Waals surface area contributed by atoms with Gasteiger partial charge in [0.1, 0.15) is 11.5 Å². The first-order chi connectivity index (χ1) is 10.7. The normalized spacial score (nSPS) is 14.0. The number of carbonyl (C=O) groups is 1. The first kappa shape index (κ1) is 15.1. The number of carbonyl (C=O) groups excluding carboxylic acids is 1. The average Bonchev–Trinajstić information content (AvgIpc) is 3.16. The summed E-state index contributed by atoms with van der Waals surface area (Å²) in [5, 5.41) is 4.08. The van der Waals surface area contributed by atoms with E-state index in [2.05, 4.69) is 15.3 Å². The van der Waals surface area contributed by atoms with Crippen LogP contribution in [0.5, 0.6) is 0 Å². The first-order valence-corrected chi connectivity index (χ1v) is 8.76. The number of hydrogen-bond donors (Lipinski definition) is 1. The number of aliphatic imine (C=N–C) groups is 1. The number of thioether (sulfide) groups is 2. The summed E-state index contributed by atoms with van der Waals surface area (Å²) in [6.45, 7) is 0.716. The molecule has 3 rings (SSSR count). The van der Waals surface area contributed by atoms with Crippen LogP contribution in [0.25, 0.3) is 5.69 Å². The van der Waals surface area contributed by atoms with Gasteiger partial charge in [0.2, 0.25) is 0 Å². The molecule has 0 spiro atoms. The number of aromatic nitrogens is 2. The van der Waals surface area contributed by atoms with Gasteiger partial charge in [-0.2, -0.15) is 0 Å². The highest BCUT2D eigenvalue weighted by Crippen LogP contribution is 2.22. The van der Waals surface area contributed by atoms with E-state index in [4.69, 9.17) is 0 Å². The van der Waals surface area contributed by atoms with Crippen molar-refractivity contribution in [1.82, 2.24) is 14.9 Å². The molecule has 1 aliphatic heterocycles. The highest BCUT2D eigenvalue weighted by Gasteiger charge is 2.20. The molecule has 1 aromatic heterocycles. The molecular weight excluding hydrogens is 323 g/mol. The zero-order chi connectivity index (χ0) is 15.5. The lowest BCUT2D eigenvalue weighted by Crippen LogP contribution is -2.29. The predicted octanol–water partition coefficient (Wildman–Crippen LogP) is 2.57. The molecule has 5 nitrogen and oxygen atoms in total. The van der Waals surface area contributed by atoms with Crippen LogP contribution in [-0.2, 0) is 0 Å². The second-order valence-corrected chi connectivity index (χ2v) is 6.29. The Hall–Kier alpha value is -1.80. The third-order valence-corrected chi connectivity index (χ3v) is 4.58. The standard InChI is InChI=1S/C14H13FN4OS2/c1-21-14-17-8-11(12(20)18-13-16-6-7-22-13)19(14)10-4-2-9(15)3-5-10/h2-5,8H,6-7H2,1H3,(H,16,18,20). The van der Waals surface area contributed by atoms with Gasteiger partial charge in [-0.25, -0.2) is 9.37 Å². The summed E-state index contributed by atoms with van der Waals surface area (Å²) in [7, 11) is 0. The van der Waals surface area contributed by atoms with Crippen molar-refractivity contribution in [2.45, 2.75) is 5.16 Å². The number of rotatable bonds is 3. The summed E-state index contributed by atoms with van der Waals surface area (Å²) < 4.78 is 14.8. The third kappa shape index (κ3) is 3.02. The summed E-state index contributed by atoms with van der Waals surface area (Å²) >= 11 is 2.93. The molecule has 1 aromatic carbocycles. The molecule has 0 saturated carbocycles. The largest absolute Gasteiger partial charge is 0.300 e. The highest BCUT2D eigenvalue weighted by atomic mass is 32.2. The van der Waals surface area contributed by atoms with Crippen molar-refractivity contribution >= 4 is 34.6 Å². The number of hydrogen-bond acceptors (Lipinski definition) is 5. The van der Waals surface area contributed by atoms with Crippen LogP contribution in [-0.4, -0.2) is 39.2 Å². The van der Waals surface area contributed by atoms with Gasteiger partial charge in [0, 0.05) is 11.4 Å². The minimum Gasteiger partial charge on any atom is -0.300 e. The summed E-state index contributed by atoms with van der Waals surface area (Å²) in [6, 6.07) is 5.96. The second-order valence-electron chi connectivity index (χ2n) is 4.43. The fourth-order valence-corrected chi connectivity index (χ4v) is 3.32. The summed E-state index contributed by atoms with van der Waals surface area (Å²) in [6.07, 6.45) is 3.39. The van der Waals surface area contributed by atoms with E-state index in [1.807, 2.05) is 6.26 Å². The number of amidine groups is 1. The fourth-order valence-electron chi connectivity index (χ4n) is 2.05. The summed E-state index contributed by atoms with van der Waals surface area (Å²) in [4.78, 5) is 20.9. The lowest BCUT2D eigenvalue weighted by molar-refractivity contribution is 0.0971. The van der Waals surface area contributed by atoms with E-state index >= 15 is 0 Å². The van der Waals surface area contributed by atoms with E-state index in [0.29, 0.717) is 28.3 Å². The van der Waals surface area contributed by atoms with Crippen LogP contribution in [0.4, 0.5) is 4.39 Å². The minimum absolute atomic E-state index is 0.273. The highest BCUT2D eigenvalue weighted by molar-refractivity contribution is 8.14. The summed E-state index contributed by atoms with van der Waals surface area (Å²) in [5.74, 6) is 0.283. The fraction of sp³-hybridized carbons (Fsp3) is 0.214. The van der Waals surface area contributed by atoms with Gasteiger partial charge < -0.3 is 0 Å². The van der Waals surface area contributed by atoms with Crippen molar-refractivity contribution in [1.29, 1.82) is 0 Å². The van der Waals surface area contributed by atoms with Crippen molar-refractivity contribution in [2.24, 2.45) is 4.99 Å². The van der Waals surface area contributed by atoms with Crippen molar-refractivity contribution in [3.05, 3.63) is 42.0 Å². The smallest absolute Gasteiger partial charge is 0.275 e. The Labute approximate surface area is 135 Å². The number of benzene rings is 1. The van der Waals surface area contributed by atoms with Gasteiger partial charge in [0.05, 0.1) is 12.7 Å². The van der Waals surface area contributed by atoms with E-state index in [-0.39, 0.29) is 11.7 Å². The molecule has 8 heteroatoms. The van der Waals surface area contributed by atoms with Crippen LogP contribution < -0.4 is 5.32 Å². The summed E-state index contributed by atoms with van der Waals surface area (Å²) in [5.41, 5.74) is 1.08. The Morgan fingerprint density at radius 2 is 2.18 bits per heavy atom. The van der Waals surface area contributed by atoms with Gasteiger partial charge in [-0.3, -0.25) is 19.7 Å². The van der Waals surface area contributed by atoms with Crippen molar-refractivity contribution < 1.29 is 9.18 Å². The quantitative estimate of drug-likeness (QED) is 0.875. The van der Waals surface area contributed by atoms with E-state index in [0.717, 1.165) is 5.75 Å². The van der Waals surface area contributed by atoms with Crippen LogP contribution in [0.2, 0.25) is 0 Å². The number of amides is 1. The Morgan fingerprint density at radius 1 is 1.41 bits per heavy atom. The Kier molecular flexibility index (Phi) is 4.49. The minimum atomic E-state index is -0.322. The molecule has 2 heterocycles. The maximum absolute atomic E-state index is 13.1.